The largest absolute Gasteiger partial charge is 0.339 e. The van der Waals surface area contributed by atoms with Gasteiger partial charge in [-0.1, -0.05) is 26.0 Å². The third-order valence-electron chi connectivity index (χ3n) is 4.00. The highest BCUT2D eigenvalue weighted by Crippen LogP contribution is 2.24. The van der Waals surface area contributed by atoms with Gasteiger partial charge in [-0.3, -0.25) is 9.10 Å². The molecule has 0 radical (unpaired) electrons. The van der Waals surface area contributed by atoms with Crippen molar-refractivity contribution in [2.24, 2.45) is 0 Å². The Bertz CT molecular complexity index is 675. The molecule has 0 aliphatic carbocycles. The maximum absolute atomic E-state index is 12.2. The Labute approximate surface area is 145 Å². The first kappa shape index (κ1) is 18.5. The van der Waals surface area contributed by atoms with E-state index in [4.69, 9.17) is 0 Å². The van der Waals surface area contributed by atoms with Crippen molar-refractivity contribution in [3.8, 4) is 0 Å². The summed E-state index contributed by atoms with van der Waals surface area (Å²) in [4.78, 5) is 14.1. The molecule has 1 aromatic carbocycles. The Morgan fingerprint density at radius 2 is 1.79 bits per heavy atom. The van der Waals surface area contributed by atoms with Crippen LogP contribution in [0.4, 0.5) is 5.69 Å². The quantitative estimate of drug-likeness (QED) is 0.711. The number of nitrogens with zero attached hydrogens (tertiary/aromatic N) is 2. The summed E-state index contributed by atoms with van der Waals surface area (Å²) in [6.07, 6.45) is 5.93. The van der Waals surface area contributed by atoms with Gasteiger partial charge < -0.3 is 4.90 Å². The Balaban J connectivity index is 2.04. The van der Waals surface area contributed by atoms with Crippen molar-refractivity contribution in [3.63, 3.8) is 0 Å². The molecule has 6 heteroatoms. The highest BCUT2D eigenvalue weighted by molar-refractivity contribution is 7.93. The molecule has 0 aromatic heterocycles. The molecule has 0 saturated carbocycles. The molecule has 5 nitrogen and oxygen atoms in total. The summed E-state index contributed by atoms with van der Waals surface area (Å²) in [7, 11) is -3.15. The molecule has 0 bridgehead atoms. The van der Waals surface area contributed by atoms with Gasteiger partial charge in [0.1, 0.15) is 0 Å². The van der Waals surface area contributed by atoms with Crippen molar-refractivity contribution in [2.45, 2.75) is 33.1 Å². The van der Waals surface area contributed by atoms with Crippen molar-refractivity contribution in [1.82, 2.24) is 4.90 Å². The van der Waals surface area contributed by atoms with Crippen LogP contribution in [-0.4, -0.2) is 44.6 Å². The molecule has 0 spiro atoms. The normalized spacial score (nSPS) is 16.7. The van der Waals surface area contributed by atoms with E-state index >= 15 is 0 Å². The molecule has 0 unspecified atom stereocenters. The van der Waals surface area contributed by atoms with Gasteiger partial charge in [-0.2, -0.15) is 0 Å². The number of sulfonamides is 1. The fourth-order valence-electron chi connectivity index (χ4n) is 2.83. The van der Waals surface area contributed by atoms with E-state index in [0.717, 1.165) is 31.5 Å². The van der Waals surface area contributed by atoms with Crippen LogP contribution in [0.5, 0.6) is 0 Å². The second kappa shape index (κ2) is 8.33. The van der Waals surface area contributed by atoms with Crippen LogP contribution in [0.3, 0.4) is 0 Å². The molecular weight excluding hydrogens is 324 g/mol. The topological polar surface area (TPSA) is 57.7 Å². The summed E-state index contributed by atoms with van der Waals surface area (Å²) in [5.74, 6) is 0.235. The number of carbonyl (C=O) groups excluding carboxylic acids is 1. The van der Waals surface area contributed by atoms with Crippen LogP contribution in [0, 0.1) is 0 Å². The summed E-state index contributed by atoms with van der Waals surface area (Å²) >= 11 is 0. The molecule has 0 N–H and O–H groups in total. The fourth-order valence-corrected chi connectivity index (χ4v) is 4.39. The van der Waals surface area contributed by atoms with Crippen LogP contribution < -0.4 is 4.31 Å². The van der Waals surface area contributed by atoms with E-state index in [1.807, 2.05) is 17.0 Å². The molecule has 24 heavy (non-hydrogen) atoms. The minimum atomic E-state index is -3.15. The van der Waals surface area contributed by atoms with Crippen molar-refractivity contribution in [3.05, 3.63) is 35.9 Å². The minimum absolute atomic E-state index is 0.0184. The second-order valence-corrected chi connectivity index (χ2v) is 8.00. The van der Waals surface area contributed by atoms with E-state index in [0.29, 0.717) is 18.7 Å². The number of rotatable bonds is 7. The van der Waals surface area contributed by atoms with Crippen LogP contribution >= 0.6 is 0 Å². The fraction of sp³-hybridized carbons (Fsp3) is 0.500. The average molecular weight is 350 g/mol. The van der Waals surface area contributed by atoms with E-state index in [9.17, 15) is 13.2 Å². The van der Waals surface area contributed by atoms with Gasteiger partial charge in [0.25, 0.3) is 0 Å². The summed E-state index contributed by atoms with van der Waals surface area (Å²) < 4.78 is 25.3. The van der Waals surface area contributed by atoms with Crippen LogP contribution in [0.25, 0.3) is 6.08 Å². The monoisotopic (exact) mass is 350 g/mol. The molecule has 1 heterocycles. The lowest BCUT2D eigenvalue weighted by Gasteiger charge is -2.19. The van der Waals surface area contributed by atoms with E-state index in [2.05, 4.69) is 13.8 Å². The third-order valence-corrected chi connectivity index (χ3v) is 5.87. The van der Waals surface area contributed by atoms with Crippen molar-refractivity contribution < 1.29 is 13.2 Å². The highest BCUT2D eigenvalue weighted by Gasteiger charge is 2.28. The maximum Gasteiger partial charge on any atom is 0.246 e. The third kappa shape index (κ3) is 4.60. The Kier molecular flexibility index (Phi) is 6.43. The Hall–Kier alpha value is -1.82. The predicted molar refractivity (Wildman–Crippen MR) is 98.4 cm³/mol. The number of benzene rings is 1. The minimum Gasteiger partial charge on any atom is -0.339 e. The first-order valence-electron chi connectivity index (χ1n) is 8.55. The van der Waals surface area contributed by atoms with E-state index < -0.39 is 10.0 Å². The number of anilines is 1. The standard InChI is InChI=1S/C18H26N2O3S/c1-3-12-19(13-4-2)18(21)11-8-16-6-9-17(10-7-16)20-14-5-15-24(20,22)23/h6-11H,3-5,12-15H2,1-2H3/b11-8+. The SMILES string of the molecule is CCCN(CCC)C(=O)/C=C/c1ccc(N2CCCS2(=O)=O)cc1. The van der Waals surface area contributed by atoms with Crippen LogP contribution in [0.15, 0.2) is 30.3 Å². The van der Waals surface area contributed by atoms with Gasteiger partial charge in [0.2, 0.25) is 15.9 Å². The molecule has 1 fully saturated rings. The lowest BCUT2D eigenvalue weighted by atomic mass is 10.2. The van der Waals surface area contributed by atoms with Gasteiger partial charge in [0.15, 0.2) is 0 Å². The van der Waals surface area contributed by atoms with Crippen molar-refractivity contribution >= 4 is 27.7 Å². The Morgan fingerprint density at radius 3 is 2.29 bits per heavy atom. The molecule has 132 valence electrons. The lowest BCUT2D eigenvalue weighted by Crippen LogP contribution is -2.30. The first-order valence-corrected chi connectivity index (χ1v) is 10.2. The molecule has 1 saturated heterocycles. The molecule has 1 aliphatic heterocycles. The number of hydrogen-bond donors (Lipinski definition) is 0. The molecular formula is C18H26N2O3S. The van der Waals surface area contributed by atoms with Crippen molar-refractivity contribution in [1.29, 1.82) is 0 Å². The summed E-state index contributed by atoms with van der Waals surface area (Å²) in [6, 6.07) is 7.28. The molecule has 1 aliphatic rings. The van der Waals surface area contributed by atoms with Crippen molar-refractivity contribution in [2.75, 3.05) is 29.7 Å². The van der Waals surface area contributed by atoms with Crippen LogP contribution in [0.1, 0.15) is 38.7 Å². The number of hydrogen-bond acceptors (Lipinski definition) is 3. The smallest absolute Gasteiger partial charge is 0.246 e. The van der Waals surface area contributed by atoms with Gasteiger partial charge in [-0.05, 0) is 43.0 Å². The van der Waals surface area contributed by atoms with Crippen LogP contribution in [-0.2, 0) is 14.8 Å². The zero-order valence-electron chi connectivity index (χ0n) is 14.4. The first-order chi connectivity index (χ1) is 11.5. The summed E-state index contributed by atoms with van der Waals surface area (Å²) in [5.41, 5.74) is 1.58. The van der Waals surface area contributed by atoms with Gasteiger partial charge in [-0.15, -0.1) is 0 Å². The molecule has 2 rings (SSSR count). The van der Waals surface area contributed by atoms with E-state index in [-0.39, 0.29) is 11.7 Å². The van der Waals surface area contributed by atoms with Crippen LogP contribution in [0.2, 0.25) is 0 Å². The van der Waals surface area contributed by atoms with E-state index in [1.54, 1.807) is 24.3 Å². The average Bonchev–Trinajstić information content (AvgIpc) is 2.92. The van der Waals surface area contributed by atoms with Gasteiger partial charge in [-0.25, -0.2) is 8.42 Å². The number of amides is 1. The zero-order chi connectivity index (χ0) is 17.6. The summed E-state index contributed by atoms with van der Waals surface area (Å²) in [5, 5.41) is 0. The highest BCUT2D eigenvalue weighted by atomic mass is 32.2. The molecule has 1 amide bonds. The molecule has 1 aromatic rings. The second-order valence-electron chi connectivity index (χ2n) is 5.99. The van der Waals surface area contributed by atoms with E-state index in [1.165, 1.54) is 4.31 Å². The van der Waals surface area contributed by atoms with Gasteiger partial charge in [0, 0.05) is 25.7 Å². The predicted octanol–water partition coefficient (Wildman–Crippen LogP) is 2.89. The Morgan fingerprint density at radius 1 is 1.17 bits per heavy atom. The maximum atomic E-state index is 12.2. The summed E-state index contributed by atoms with van der Waals surface area (Å²) in [6.45, 7) is 6.19. The van der Waals surface area contributed by atoms with Gasteiger partial charge in [0.05, 0.1) is 11.4 Å². The zero-order valence-corrected chi connectivity index (χ0v) is 15.3. The van der Waals surface area contributed by atoms with Gasteiger partial charge >= 0.3 is 0 Å². The number of carbonyl (C=O) groups is 1. The molecule has 0 atom stereocenters. The lowest BCUT2D eigenvalue weighted by molar-refractivity contribution is -0.126.